The average Bonchev–Trinajstić information content (AvgIpc) is 3.05. The van der Waals surface area contributed by atoms with Crippen molar-refractivity contribution in [3.8, 4) is 0 Å². The second-order valence-corrected chi connectivity index (χ2v) is 7.28. The molecule has 2 aromatic heterocycles. The van der Waals surface area contributed by atoms with Gasteiger partial charge in [0, 0.05) is 30.9 Å². The van der Waals surface area contributed by atoms with Crippen molar-refractivity contribution in [3.05, 3.63) is 44.9 Å². The van der Waals surface area contributed by atoms with Crippen molar-refractivity contribution >= 4 is 43.4 Å². The number of methoxy groups -OCH3 is 1. The first-order valence-electron chi connectivity index (χ1n) is 7.37. The van der Waals surface area contributed by atoms with Gasteiger partial charge in [0.05, 0.1) is 16.8 Å². The molecule has 2 heterocycles. The molecular formula is C16H17BrN4O2S. The monoisotopic (exact) mass is 408 g/mol. The van der Waals surface area contributed by atoms with Crippen LogP contribution in [0.25, 0.3) is 10.2 Å². The van der Waals surface area contributed by atoms with Gasteiger partial charge >= 0.3 is 0 Å². The SMILES string of the molecule is COCCn1c(=NC(=O)c2cc(C)n(C)n2)sc2cc(Br)ccc21. The summed E-state index contributed by atoms with van der Waals surface area (Å²) in [5, 5.41) is 4.20. The van der Waals surface area contributed by atoms with Gasteiger partial charge in [0.2, 0.25) is 0 Å². The van der Waals surface area contributed by atoms with Gasteiger partial charge in [0.25, 0.3) is 5.91 Å². The van der Waals surface area contributed by atoms with Crippen molar-refractivity contribution in [3.63, 3.8) is 0 Å². The maximum Gasteiger partial charge on any atom is 0.300 e. The molecule has 0 bridgehead atoms. The number of carbonyl (C=O) groups is 1. The Morgan fingerprint density at radius 3 is 2.88 bits per heavy atom. The first kappa shape index (κ1) is 17.1. The summed E-state index contributed by atoms with van der Waals surface area (Å²) in [5.74, 6) is -0.338. The van der Waals surface area contributed by atoms with E-state index >= 15 is 0 Å². The van der Waals surface area contributed by atoms with Gasteiger partial charge in [-0.3, -0.25) is 9.48 Å². The first-order chi connectivity index (χ1) is 11.5. The third-order valence-electron chi connectivity index (χ3n) is 3.69. The molecule has 8 heteroatoms. The zero-order valence-electron chi connectivity index (χ0n) is 13.6. The Labute approximate surface area is 151 Å². The highest BCUT2D eigenvalue weighted by Crippen LogP contribution is 2.22. The molecule has 0 atom stereocenters. The molecule has 0 radical (unpaired) electrons. The number of aryl methyl sites for hydroxylation is 2. The van der Waals surface area contributed by atoms with Crippen LogP contribution in [0.2, 0.25) is 0 Å². The van der Waals surface area contributed by atoms with Gasteiger partial charge in [-0.1, -0.05) is 27.3 Å². The zero-order valence-corrected chi connectivity index (χ0v) is 16.0. The predicted octanol–water partition coefficient (Wildman–Crippen LogP) is 2.89. The van der Waals surface area contributed by atoms with Gasteiger partial charge in [-0.25, -0.2) is 0 Å². The van der Waals surface area contributed by atoms with Gasteiger partial charge in [0.1, 0.15) is 0 Å². The van der Waals surface area contributed by atoms with Crippen LogP contribution in [0.3, 0.4) is 0 Å². The zero-order chi connectivity index (χ0) is 17.3. The summed E-state index contributed by atoms with van der Waals surface area (Å²) in [7, 11) is 3.46. The highest BCUT2D eigenvalue weighted by Gasteiger charge is 2.12. The van der Waals surface area contributed by atoms with Gasteiger partial charge in [0.15, 0.2) is 10.5 Å². The van der Waals surface area contributed by atoms with Crippen molar-refractivity contribution in [1.82, 2.24) is 14.3 Å². The Morgan fingerprint density at radius 1 is 1.42 bits per heavy atom. The molecule has 6 nitrogen and oxygen atoms in total. The van der Waals surface area contributed by atoms with Crippen LogP contribution in [0.5, 0.6) is 0 Å². The van der Waals surface area contributed by atoms with E-state index in [2.05, 4.69) is 26.0 Å². The second-order valence-electron chi connectivity index (χ2n) is 5.35. The summed E-state index contributed by atoms with van der Waals surface area (Å²) >= 11 is 4.96. The lowest BCUT2D eigenvalue weighted by molar-refractivity contribution is 0.0992. The van der Waals surface area contributed by atoms with Crippen molar-refractivity contribution in [2.45, 2.75) is 13.5 Å². The molecule has 1 aromatic carbocycles. The Hall–Kier alpha value is -1.77. The maximum atomic E-state index is 12.5. The molecule has 0 saturated heterocycles. The fourth-order valence-electron chi connectivity index (χ4n) is 2.34. The van der Waals surface area contributed by atoms with Crippen molar-refractivity contribution in [1.29, 1.82) is 0 Å². The molecule has 3 aromatic rings. The fraction of sp³-hybridized carbons (Fsp3) is 0.312. The Morgan fingerprint density at radius 2 is 2.21 bits per heavy atom. The van der Waals surface area contributed by atoms with E-state index in [-0.39, 0.29) is 5.91 Å². The van der Waals surface area contributed by atoms with E-state index in [1.54, 1.807) is 17.9 Å². The van der Waals surface area contributed by atoms with Crippen LogP contribution in [0.15, 0.2) is 33.7 Å². The van der Waals surface area contributed by atoms with Crippen LogP contribution >= 0.6 is 27.3 Å². The Bertz CT molecular complexity index is 951. The number of nitrogens with zero attached hydrogens (tertiary/aromatic N) is 4. The van der Waals surface area contributed by atoms with Crippen LogP contribution in [-0.4, -0.2) is 34.0 Å². The lowest BCUT2D eigenvalue weighted by atomic mass is 10.3. The second kappa shape index (κ2) is 7.00. The number of aromatic nitrogens is 3. The van der Waals surface area contributed by atoms with Crippen LogP contribution in [0.1, 0.15) is 16.2 Å². The van der Waals surface area contributed by atoms with Crippen LogP contribution in [0.4, 0.5) is 0 Å². The molecule has 0 spiro atoms. The molecule has 0 aliphatic carbocycles. The molecular weight excluding hydrogens is 392 g/mol. The number of halogens is 1. The van der Waals surface area contributed by atoms with Gasteiger partial charge < -0.3 is 9.30 Å². The summed E-state index contributed by atoms with van der Waals surface area (Å²) in [5.41, 5.74) is 2.30. The fourth-order valence-corrected chi connectivity index (χ4v) is 3.95. The minimum Gasteiger partial charge on any atom is -0.383 e. The highest BCUT2D eigenvalue weighted by molar-refractivity contribution is 9.10. The Balaban J connectivity index is 2.10. The van der Waals surface area contributed by atoms with E-state index in [0.717, 1.165) is 20.4 Å². The molecule has 126 valence electrons. The molecule has 0 aliphatic heterocycles. The lowest BCUT2D eigenvalue weighted by Crippen LogP contribution is -2.19. The van der Waals surface area contributed by atoms with Gasteiger partial charge in [-0.05, 0) is 31.2 Å². The first-order valence-corrected chi connectivity index (χ1v) is 8.98. The molecule has 0 saturated carbocycles. The number of thiazole rings is 1. The number of fused-ring (bicyclic) bond motifs is 1. The van der Waals surface area contributed by atoms with E-state index in [9.17, 15) is 4.79 Å². The highest BCUT2D eigenvalue weighted by atomic mass is 79.9. The minimum absolute atomic E-state index is 0.338. The number of ether oxygens (including phenoxy) is 1. The summed E-state index contributed by atoms with van der Waals surface area (Å²) in [6, 6.07) is 7.76. The summed E-state index contributed by atoms with van der Waals surface area (Å²) in [6.45, 7) is 3.08. The standard InChI is InChI=1S/C16H17BrN4O2S/c1-10-8-12(19-20(10)2)15(22)18-16-21(6-7-23-3)13-5-4-11(17)9-14(13)24-16/h4-5,8-9H,6-7H2,1-3H3. The number of rotatable bonds is 4. The predicted molar refractivity (Wildman–Crippen MR) is 97.2 cm³/mol. The molecule has 0 fully saturated rings. The molecule has 3 rings (SSSR count). The topological polar surface area (TPSA) is 61.4 Å². The maximum absolute atomic E-state index is 12.5. The number of hydrogen-bond donors (Lipinski definition) is 0. The normalized spacial score (nSPS) is 12.2. The van der Waals surface area contributed by atoms with E-state index in [1.165, 1.54) is 11.3 Å². The van der Waals surface area contributed by atoms with E-state index in [4.69, 9.17) is 4.74 Å². The minimum atomic E-state index is -0.338. The van der Waals surface area contributed by atoms with Crippen molar-refractivity contribution < 1.29 is 9.53 Å². The smallest absolute Gasteiger partial charge is 0.300 e. The average molecular weight is 409 g/mol. The van der Waals surface area contributed by atoms with Gasteiger partial charge in [-0.15, -0.1) is 0 Å². The van der Waals surface area contributed by atoms with Crippen LogP contribution in [-0.2, 0) is 18.3 Å². The van der Waals surface area contributed by atoms with Gasteiger partial charge in [-0.2, -0.15) is 10.1 Å². The number of benzene rings is 1. The lowest BCUT2D eigenvalue weighted by Gasteiger charge is -2.04. The van der Waals surface area contributed by atoms with Crippen LogP contribution in [0, 0.1) is 6.92 Å². The summed E-state index contributed by atoms with van der Waals surface area (Å²) in [4.78, 5) is 17.4. The molecule has 24 heavy (non-hydrogen) atoms. The van der Waals surface area contributed by atoms with E-state index in [1.807, 2.05) is 36.7 Å². The van der Waals surface area contributed by atoms with Crippen molar-refractivity contribution in [2.24, 2.45) is 12.0 Å². The largest absolute Gasteiger partial charge is 0.383 e. The number of hydrogen-bond acceptors (Lipinski definition) is 4. The van der Waals surface area contributed by atoms with Crippen LogP contribution < -0.4 is 4.80 Å². The Kier molecular flexibility index (Phi) is 4.98. The molecule has 0 aliphatic rings. The third kappa shape index (κ3) is 3.35. The number of carbonyl (C=O) groups excluding carboxylic acids is 1. The summed E-state index contributed by atoms with van der Waals surface area (Å²) < 4.78 is 10.9. The van der Waals surface area contributed by atoms with Crippen molar-refractivity contribution in [2.75, 3.05) is 13.7 Å². The third-order valence-corrected chi connectivity index (χ3v) is 5.23. The summed E-state index contributed by atoms with van der Waals surface area (Å²) in [6.07, 6.45) is 0. The van der Waals surface area contributed by atoms with E-state index in [0.29, 0.717) is 23.6 Å². The molecule has 0 N–H and O–H groups in total. The molecule has 0 unspecified atom stereocenters. The van der Waals surface area contributed by atoms with E-state index < -0.39 is 0 Å². The quantitative estimate of drug-likeness (QED) is 0.666. The molecule has 1 amide bonds. The number of amides is 1.